The molecule has 1 heterocycles. The Morgan fingerprint density at radius 1 is 1.21 bits per heavy atom. The molecule has 1 aliphatic heterocycles. The lowest BCUT2D eigenvalue weighted by atomic mass is 9.69. The molecule has 10 heteroatoms. The van der Waals surface area contributed by atoms with Crippen molar-refractivity contribution in [2.75, 3.05) is 34.5 Å². The number of hydrogen-bond acceptors (Lipinski definition) is 9. The van der Waals surface area contributed by atoms with Crippen LogP contribution in [-0.4, -0.2) is 57.4 Å². The molecule has 1 aromatic rings. The predicted molar refractivity (Wildman–Crippen MR) is 122 cm³/mol. The lowest BCUT2D eigenvalue weighted by molar-refractivity contribution is -0.151. The zero-order valence-corrected chi connectivity index (χ0v) is 20.4. The van der Waals surface area contributed by atoms with Crippen molar-refractivity contribution in [3.8, 4) is 11.5 Å². The molecular weight excluding hydrogens is 466 g/mol. The Kier molecular flexibility index (Phi) is 7.89. The summed E-state index contributed by atoms with van der Waals surface area (Å²) in [5, 5.41) is 13.4. The summed E-state index contributed by atoms with van der Waals surface area (Å²) in [4.78, 5) is 39.3. The summed E-state index contributed by atoms with van der Waals surface area (Å²) in [6.07, 6.45) is 0.392. The largest absolute Gasteiger partial charge is 0.503 e. The molecule has 1 aliphatic carbocycles. The molecule has 9 nitrogen and oxygen atoms in total. The zero-order chi connectivity index (χ0) is 25.2. The molecule has 0 fully saturated rings. The first-order chi connectivity index (χ1) is 16.2. The van der Waals surface area contributed by atoms with E-state index >= 15 is 0 Å². The summed E-state index contributed by atoms with van der Waals surface area (Å²) in [5.41, 5.74) is 1.98. The van der Waals surface area contributed by atoms with Crippen molar-refractivity contribution in [3.63, 3.8) is 0 Å². The normalized spacial score (nSPS) is 22.2. The Morgan fingerprint density at radius 3 is 2.53 bits per heavy atom. The number of carbonyl (C=O) groups is 3. The van der Waals surface area contributed by atoms with Gasteiger partial charge in [-0.05, 0) is 37.0 Å². The molecule has 0 amide bonds. The van der Waals surface area contributed by atoms with E-state index in [1.54, 1.807) is 13.8 Å². The fourth-order valence-corrected chi connectivity index (χ4v) is 4.72. The molecule has 2 N–H and O–H groups in total. The molecule has 0 radical (unpaired) electrons. The number of hydrogen-bond donors (Lipinski definition) is 2. The van der Waals surface area contributed by atoms with Crippen LogP contribution in [0.4, 0.5) is 0 Å². The van der Waals surface area contributed by atoms with Gasteiger partial charge in [-0.15, -0.1) is 0 Å². The lowest BCUT2D eigenvalue weighted by Crippen LogP contribution is -2.43. The van der Waals surface area contributed by atoms with E-state index in [-0.39, 0.29) is 46.8 Å². The van der Waals surface area contributed by atoms with Crippen LogP contribution >= 0.6 is 11.6 Å². The van der Waals surface area contributed by atoms with Gasteiger partial charge in [-0.2, -0.15) is 0 Å². The number of Topliss-reactive ketones (excluding diaryl/α,β-unsaturated/α-hetero) is 1. The molecule has 0 saturated carbocycles. The second-order valence-corrected chi connectivity index (χ2v) is 8.62. The summed E-state index contributed by atoms with van der Waals surface area (Å²) in [5.74, 6) is -4.17. The molecule has 3 unspecified atom stereocenters. The fourth-order valence-electron chi connectivity index (χ4n) is 4.50. The number of methoxy groups -OCH3 is 3. The van der Waals surface area contributed by atoms with Crippen molar-refractivity contribution in [1.82, 2.24) is 5.32 Å². The number of dihydropyridines is 1. The van der Waals surface area contributed by atoms with Gasteiger partial charge in [0.2, 0.25) is 0 Å². The number of ether oxygens (including phenoxy) is 4. The Labute approximate surface area is 202 Å². The Balaban J connectivity index is 2.21. The molecule has 3 atom stereocenters. The molecule has 0 aromatic heterocycles. The third-order valence-electron chi connectivity index (χ3n) is 6.09. The van der Waals surface area contributed by atoms with E-state index in [2.05, 4.69) is 5.32 Å². The van der Waals surface area contributed by atoms with E-state index in [0.29, 0.717) is 23.4 Å². The average Bonchev–Trinajstić information content (AvgIpc) is 2.79. The summed E-state index contributed by atoms with van der Waals surface area (Å²) in [7, 11) is 4.08. The van der Waals surface area contributed by atoms with Crippen molar-refractivity contribution in [2.45, 2.75) is 26.2 Å². The Hall–Kier alpha value is -3.04. The number of phenolic OH excluding ortho intramolecular Hbond substituents is 1. The number of benzene rings is 1. The van der Waals surface area contributed by atoms with Gasteiger partial charge in [-0.1, -0.05) is 18.5 Å². The quantitative estimate of drug-likeness (QED) is 0.335. The van der Waals surface area contributed by atoms with Crippen molar-refractivity contribution < 1.29 is 38.4 Å². The highest BCUT2D eigenvalue weighted by Crippen LogP contribution is 2.48. The number of carbonyl (C=O) groups excluding carboxylic acids is 3. The fraction of sp³-hybridized carbons (Fsp3) is 0.458. The first-order valence-electron chi connectivity index (χ1n) is 10.7. The molecule has 0 saturated heterocycles. The van der Waals surface area contributed by atoms with Gasteiger partial charge in [0.05, 0.1) is 31.4 Å². The second-order valence-electron chi connectivity index (χ2n) is 8.22. The first-order valence-corrected chi connectivity index (χ1v) is 11.1. The molecule has 2 aliphatic rings. The van der Waals surface area contributed by atoms with Gasteiger partial charge in [0.25, 0.3) is 0 Å². The zero-order valence-electron chi connectivity index (χ0n) is 19.7. The highest BCUT2D eigenvalue weighted by Gasteiger charge is 2.47. The smallest absolute Gasteiger partial charge is 0.336 e. The highest BCUT2D eigenvalue weighted by atomic mass is 35.5. The van der Waals surface area contributed by atoms with Crippen LogP contribution in [-0.2, 0) is 28.6 Å². The van der Waals surface area contributed by atoms with Crippen molar-refractivity contribution in [2.24, 2.45) is 11.8 Å². The summed E-state index contributed by atoms with van der Waals surface area (Å²) >= 11 is 6.25. The maximum absolute atomic E-state index is 13.7. The van der Waals surface area contributed by atoms with E-state index in [9.17, 15) is 19.5 Å². The van der Waals surface area contributed by atoms with Crippen molar-refractivity contribution in [1.29, 1.82) is 0 Å². The van der Waals surface area contributed by atoms with Gasteiger partial charge in [-0.25, -0.2) is 4.79 Å². The minimum Gasteiger partial charge on any atom is -0.503 e. The maximum atomic E-state index is 13.7. The van der Waals surface area contributed by atoms with Crippen LogP contribution < -0.4 is 10.1 Å². The van der Waals surface area contributed by atoms with Crippen LogP contribution in [0.2, 0.25) is 5.02 Å². The number of allylic oxidation sites excluding steroid dienone is 3. The van der Waals surface area contributed by atoms with Gasteiger partial charge >= 0.3 is 11.9 Å². The first kappa shape index (κ1) is 25.6. The van der Waals surface area contributed by atoms with E-state index in [1.165, 1.54) is 33.5 Å². The van der Waals surface area contributed by atoms with Crippen LogP contribution in [0.25, 0.3) is 0 Å². The van der Waals surface area contributed by atoms with Crippen LogP contribution in [0, 0.1) is 11.8 Å². The van der Waals surface area contributed by atoms with Crippen LogP contribution in [0.15, 0.2) is 34.7 Å². The van der Waals surface area contributed by atoms with Gasteiger partial charge in [-0.3, -0.25) is 9.59 Å². The number of phenols is 1. The number of rotatable bonds is 7. The predicted octanol–water partition coefficient (Wildman–Crippen LogP) is 2.86. The minimum atomic E-state index is -1.02. The lowest BCUT2D eigenvalue weighted by Gasteiger charge is -2.38. The summed E-state index contributed by atoms with van der Waals surface area (Å²) in [6.45, 7) is 3.72. The number of nitrogens with one attached hydrogen (secondary N) is 1. The molecule has 0 spiro atoms. The molecular formula is C24H28ClNO8. The van der Waals surface area contributed by atoms with Crippen LogP contribution in [0.1, 0.15) is 31.7 Å². The molecule has 184 valence electrons. The van der Waals surface area contributed by atoms with Crippen molar-refractivity contribution >= 4 is 29.3 Å². The van der Waals surface area contributed by atoms with Gasteiger partial charge in [0, 0.05) is 30.0 Å². The molecule has 34 heavy (non-hydrogen) atoms. The number of halogens is 1. The molecule has 0 bridgehead atoms. The molecule has 3 rings (SSSR count). The van der Waals surface area contributed by atoms with Crippen LogP contribution in [0.3, 0.4) is 0 Å². The average molecular weight is 494 g/mol. The summed E-state index contributed by atoms with van der Waals surface area (Å²) in [6, 6.07) is 2.98. The minimum absolute atomic E-state index is 0.0130. The monoisotopic (exact) mass is 493 g/mol. The summed E-state index contributed by atoms with van der Waals surface area (Å²) < 4.78 is 20.5. The van der Waals surface area contributed by atoms with Crippen LogP contribution in [0.5, 0.6) is 11.5 Å². The van der Waals surface area contributed by atoms with Gasteiger partial charge in [0.15, 0.2) is 17.3 Å². The van der Waals surface area contributed by atoms with Gasteiger partial charge < -0.3 is 29.4 Å². The molecule has 1 aromatic carbocycles. The highest BCUT2D eigenvalue weighted by molar-refractivity contribution is 6.32. The third-order valence-corrected chi connectivity index (χ3v) is 6.38. The Morgan fingerprint density at radius 2 is 1.91 bits per heavy atom. The topological polar surface area (TPSA) is 120 Å². The van der Waals surface area contributed by atoms with Crippen molar-refractivity contribution in [3.05, 3.63) is 45.3 Å². The number of aromatic hydroxyl groups is 1. The SMILES string of the molecule is COCCOC(=O)C1=C(C)NC2=C(C(=O)C(C(=O)OC)C(C)C2)C1c1cc(Cl)c(O)c(OC)c1. The Bertz CT molecular complexity index is 1080. The standard InChI is InChI=1S/C24H28ClNO8/c1-11-8-15-20(22(28)17(11)23(29)33-5)19(13-9-14(25)21(27)16(10-13)32-4)18(12(2)26-15)24(30)34-7-6-31-3/h9-11,17,19,26-27H,6-8H2,1-5H3. The second kappa shape index (κ2) is 10.5. The van der Waals surface area contributed by atoms with E-state index in [0.717, 1.165) is 0 Å². The van der Waals surface area contributed by atoms with Gasteiger partial charge in [0.1, 0.15) is 12.5 Å². The maximum Gasteiger partial charge on any atom is 0.336 e. The van der Waals surface area contributed by atoms with E-state index in [4.69, 9.17) is 30.5 Å². The third kappa shape index (κ3) is 4.63. The number of ketones is 1. The van der Waals surface area contributed by atoms with E-state index < -0.39 is 29.6 Å². The van der Waals surface area contributed by atoms with E-state index in [1.807, 2.05) is 0 Å². The number of esters is 2.